The number of halogens is 1. The molecule has 5 nitrogen and oxygen atoms in total. The lowest BCUT2D eigenvalue weighted by atomic mass is 10.1. The minimum Gasteiger partial charge on any atom is -0.324 e. The number of carbonyl (C=O) groups excluding carboxylic acids is 3. The molecule has 0 N–H and O–H groups in total. The zero-order valence-corrected chi connectivity index (χ0v) is 12.7. The van der Waals surface area contributed by atoms with Crippen molar-refractivity contribution >= 4 is 29.5 Å². The SMILES string of the molecule is CSc1cc(C(=O)ON2C(=O)c3ccccc3C2=O)ccc1F. The van der Waals surface area contributed by atoms with Gasteiger partial charge in [-0.1, -0.05) is 17.2 Å². The molecular weight excluding hydrogens is 321 g/mol. The van der Waals surface area contributed by atoms with E-state index in [0.29, 0.717) is 5.06 Å². The number of benzene rings is 2. The van der Waals surface area contributed by atoms with Crippen molar-refractivity contribution in [3.63, 3.8) is 0 Å². The molecule has 1 heterocycles. The van der Waals surface area contributed by atoms with Crippen LogP contribution in [0.3, 0.4) is 0 Å². The minimum absolute atomic E-state index is 0.0484. The summed E-state index contributed by atoms with van der Waals surface area (Å²) in [6.07, 6.45) is 1.66. The van der Waals surface area contributed by atoms with Gasteiger partial charge in [-0.25, -0.2) is 9.18 Å². The molecule has 3 rings (SSSR count). The Hall–Kier alpha value is -2.67. The average Bonchev–Trinajstić information content (AvgIpc) is 2.80. The molecule has 23 heavy (non-hydrogen) atoms. The smallest absolute Gasteiger partial charge is 0.324 e. The van der Waals surface area contributed by atoms with Gasteiger partial charge in [0, 0.05) is 4.90 Å². The van der Waals surface area contributed by atoms with Crippen LogP contribution in [-0.2, 0) is 4.84 Å². The molecule has 2 amide bonds. The van der Waals surface area contributed by atoms with Gasteiger partial charge in [0.15, 0.2) is 0 Å². The van der Waals surface area contributed by atoms with Crippen molar-refractivity contribution in [3.8, 4) is 0 Å². The fraction of sp³-hybridized carbons (Fsp3) is 0.0625. The van der Waals surface area contributed by atoms with E-state index in [4.69, 9.17) is 4.84 Å². The maximum Gasteiger partial charge on any atom is 0.363 e. The highest BCUT2D eigenvalue weighted by Gasteiger charge is 2.38. The molecule has 0 saturated heterocycles. The summed E-state index contributed by atoms with van der Waals surface area (Å²) in [4.78, 5) is 41.5. The summed E-state index contributed by atoms with van der Waals surface area (Å²) in [6.45, 7) is 0. The second-order valence-electron chi connectivity index (χ2n) is 4.68. The molecule has 7 heteroatoms. The number of nitrogens with zero attached hydrogens (tertiary/aromatic N) is 1. The van der Waals surface area contributed by atoms with Gasteiger partial charge >= 0.3 is 5.97 Å². The normalized spacial score (nSPS) is 13.2. The van der Waals surface area contributed by atoms with E-state index in [-0.39, 0.29) is 21.6 Å². The van der Waals surface area contributed by atoms with E-state index in [2.05, 4.69) is 0 Å². The molecule has 116 valence electrons. The summed E-state index contributed by atoms with van der Waals surface area (Å²) in [5, 5.41) is 0.426. The minimum atomic E-state index is -0.908. The van der Waals surface area contributed by atoms with Crippen LogP contribution in [0.4, 0.5) is 4.39 Å². The number of amides is 2. The number of thioether (sulfide) groups is 1. The maximum absolute atomic E-state index is 13.4. The number of rotatable bonds is 3. The summed E-state index contributed by atoms with van der Waals surface area (Å²) < 4.78 is 13.4. The van der Waals surface area contributed by atoms with Gasteiger partial charge in [-0.3, -0.25) is 9.59 Å². The Kier molecular flexibility index (Phi) is 3.87. The fourth-order valence-corrected chi connectivity index (χ4v) is 2.68. The molecule has 0 bridgehead atoms. The molecule has 0 unspecified atom stereocenters. The predicted molar refractivity (Wildman–Crippen MR) is 80.5 cm³/mol. The van der Waals surface area contributed by atoms with Crippen LogP contribution in [0.25, 0.3) is 0 Å². The van der Waals surface area contributed by atoms with Gasteiger partial charge in [-0.15, -0.1) is 11.8 Å². The lowest BCUT2D eigenvalue weighted by molar-refractivity contribution is -0.0584. The lowest BCUT2D eigenvalue weighted by Gasteiger charge is -2.13. The Morgan fingerprint density at radius 2 is 1.70 bits per heavy atom. The number of hydrogen-bond donors (Lipinski definition) is 0. The number of imide groups is 1. The number of hydrogen-bond acceptors (Lipinski definition) is 5. The molecule has 0 aliphatic carbocycles. The first-order valence-corrected chi connectivity index (χ1v) is 7.79. The first-order chi connectivity index (χ1) is 11.0. The second kappa shape index (κ2) is 5.85. The largest absolute Gasteiger partial charge is 0.363 e. The van der Waals surface area contributed by atoms with Gasteiger partial charge in [-0.05, 0) is 36.6 Å². The van der Waals surface area contributed by atoms with Gasteiger partial charge in [0.05, 0.1) is 16.7 Å². The lowest BCUT2D eigenvalue weighted by Crippen LogP contribution is -2.32. The Balaban J connectivity index is 1.84. The van der Waals surface area contributed by atoms with Crippen LogP contribution in [0, 0.1) is 5.82 Å². The van der Waals surface area contributed by atoms with E-state index in [1.54, 1.807) is 18.4 Å². The quantitative estimate of drug-likeness (QED) is 0.639. The van der Waals surface area contributed by atoms with Crippen LogP contribution < -0.4 is 0 Å². The van der Waals surface area contributed by atoms with Gasteiger partial charge in [0.25, 0.3) is 11.8 Å². The van der Waals surface area contributed by atoms with Crippen molar-refractivity contribution in [2.45, 2.75) is 4.90 Å². The molecule has 2 aromatic rings. The molecule has 2 aromatic carbocycles. The van der Waals surface area contributed by atoms with Crippen LogP contribution in [0.5, 0.6) is 0 Å². The summed E-state index contributed by atoms with van der Waals surface area (Å²) in [5.41, 5.74) is 0.399. The van der Waals surface area contributed by atoms with Crippen molar-refractivity contribution in [1.82, 2.24) is 5.06 Å². The topological polar surface area (TPSA) is 63.7 Å². The number of carbonyl (C=O) groups is 3. The number of hydroxylamine groups is 2. The fourth-order valence-electron chi connectivity index (χ4n) is 2.17. The van der Waals surface area contributed by atoms with Crippen LogP contribution in [0.15, 0.2) is 47.4 Å². The van der Waals surface area contributed by atoms with Crippen LogP contribution >= 0.6 is 11.8 Å². The Morgan fingerprint density at radius 3 is 2.26 bits per heavy atom. The number of fused-ring (bicyclic) bond motifs is 1. The standard InChI is InChI=1S/C16H10FNO4S/c1-23-13-8-9(6-7-12(13)17)16(21)22-18-14(19)10-4-2-3-5-11(10)15(18)20/h2-8H,1H3. The van der Waals surface area contributed by atoms with Gasteiger partial charge < -0.3 is 4.84 Å². The highest BCUT2D eigenvalue weighted by molar-refractivity contribution is 7.98. The van der Waals surface area contributed by atoms with Gasteiger partial charge in [-0.2, -0.15) is 0 Å². The Morgan fingerprint density at radius 1 is 1.09 bits per heavy atom. The third-order valence-corrected chi connectivity index (χ3v) is 4.07. The highest BCUT2D eigenvalue weighted by Crippen LogP contribution is 2.25. The molecular formula is C16H10FNO4S. The first-order valence-electron chi connectivity index (χ1n) is 6.56. The van der Waals surface area contributed by atoms with Crippen LogP contribution in [0.1, 0.15) is 31.1 Å². The maximum atomic E-state index is 13.4. The Labute approximate surface area is 135 Å². The average molecular weight is 331 g/mol. The molecule has 0 saturated carbocycles. The molecule has 0 aromatic heterocycles. The van der Waals surface area contributed by atoms with E-state index in [0.717, 1.165) is 17.8 Å². The van der Waals surface area contributed by atoms with E-state index < -0.39 is 23.6 Å². The molecule has 0 radical (unpaired) electrons. The van der Waals surface area contributed by atoms with E-state index >= 15 is 0 Å². The second-order valence-corrected chi connectivity index (χ2v) is 5.53. The zero-order chi connectivity index (χ0) is 16.6. The van der Waals surface area contributed by atoms with E-state index in [1.165, 1.54) is 24.3 Å². The van der Waals surface area contributed by atoms with Gasteiger partial charge in [0.1, 0.15) is 5.82 Å². The van der Waals surface area contributed by atoms with Crippen LogP contribution in [-0.4, -0.2) is 29.1 Å². The van der Waals surface area contributed by atoms with Crippen molar-refractivity contribution in [2.75, 3.05) is 6.26 Å². The summed E-state index contributed by atoms with van der Waals surface area (Å²) in [5.74, 6) is -2.78. The van der Waals surface area contributed by atoms with Crippen molar-refractivity contribution in [3.05, 3.63) is 65.0 Å². The monoisotopic (exact) mass is 331 g/mol. The molecule has 1 aliphatic heterocycles. The summed E-state index contributed by atoms with van der Waals surface area (Å²) >= 11 is 1.13. The van der Waals surface area contributed by atoms with Crippen molar-refractivity contribution < 1.29 is 23.6 Å². The first kappa shape index (κ1) is 15.2. The van der Waals surface area contributed by atoms with Crippen molar-refractivity contribution in [2.24, 2.45) is 0 Å². The van der Waals surface area contributed by atoms with E-state index in [1.807, 2.05) is 0 Å². The summed E-state index contributed by atoms with van der Waals surface area (Å²) in [7, 11) is 0. The zero-order valence-electron chi connectivity index (χ0n) is 11.9. The van der Waals surface area contributed by atoms with Crippen molar-refractivity contribution in [1.29, 1.82) is 0 Å². The predicted octanol–water partition coefficient (Wildman–Crippen LogP) is 2.92. The Bertz CT molecular complexity index is 802. The molecule has 0 spiro atoms. The molecule has 0 fully saturated rings. The third kappa shape index (κ3) is 2.59. The third-order valence-electron chi connectivity index (χ3n) is 3.32. The summed E-state index contributed by atoms with van der Waals surface area (Å²) in [6, 6.07) is 9.85. The van der Waals surface area contributed by atoms with E-state index in [9.17, 15) is 18.8 Å². The molecule has 1 aliphatic rings. The van der Waals surface area contributed by atoms with Gasteiger partial charge in [0.2, 0.25) is 0 Å². The highest BCUT2D eigenvalue weighted by atomic mass is 32.2. The molecule has 0 atom stereocenters. The van der Waals surface area contributed by atoms with Crippen LogP contribution in [0.2, 0.25) is 0 Å².